The first kappa shape index (κ1) is 10.6. The molecule has 16 heavy (non-hydrogen) atoms. The van der Waals surface area contributed by atoms with Gasteiger partial charge < -0.3 is 5.11 Å². The lowest BCUT2D eigenvalue weighted by Gasteiger charge is -2.18. The molecule has 0 atom stereocenters. The molecule has 0 aromatic carbocycles. The van der Waals surface area contributed by atoms with Crippen molar-refractivity contribution >= 4 is 17.8 Å². The van der Waals surface area contributed by atoms with Crippen molar-refractivity contribution in [3.8, 4) is 0 Å². The summed E-state index contributed by atoms with van der Waals surface area (Å²) in [6.45, 7) is 0.125. The van der Waals surface area contributed by atoms with Gasteiger partial charge in [-0.15, -0.1) is 0 Å². The Morgan fingerprint density at radius 2 is 2.31 bits per heavy atom. The van der Waals surface area contributed by atoms with Crippen LogP contribution in [0.15, 0.2) is 6.33 Å². The number of aromatic nitrogens is 3. The number of H-pyrrole nitrogens is 1. The van der Waals surface area contributed by atoms with E-state index in [0.29, 0.717) is 5.95 Å². The maximum absolute atomic E-state index is 11.9. The third-order valence-corrected chi connectivity index (χ3v) is 2.40. The van der Waals surface area contributed by atoms with Gasteiger partial charge >= 0.3 is 5.97 Å². The van der Waals surface area contributed by atoms with Crippen LogP contribution in [0.4, 0.5) is 5.95 Å². The van der Waals surface area contributed by atoms with Gasteiger partial charge in [-0.2, -0.15) is 10.1 Å². The fourth-order valence-electron chi connectivity index (χ4n) is 1.41. The summed E-state index contributed by atoms with van der Waals surface area (Å²) in [6.07, 6.45) is 2.94. The molecule has 1 aliphatic carbocycles. The minimum Gasteiger partial charge on any atom is -0.481 e. The third kappa shape index (κ3) is 2.36. The minimum absolute atomic E-state index is 0.0268. The number of carbonyl (C=O) groups excluding carboxylic acids is 1. The SMILES string of the molecule is O=C(O)CCN(C(=O)C1CC1)c1ncn[nH]1. The summed E-state index contributed by atoms with van der Waals surface area (Å²) >= 11 is 0. The predicted octanol–water partition coefficient (Wildman–Crippen LogP) is 0.0224. The lowest BCUT2D eigenvalue weighted by molar-refractivity contribution is -0.136. The Labute approximate surface area is 91.5 Å². The smallest absolute Gasteiger partial charge is 0.305 e. The van der Waals surface area contributed by atoms with E-state index in [1.807, 2.05) is 0 Å². The van der Waals surface area contributed by atoms with E-state index < -0.39 is 5.97 Å². The van der Waals surface area contributed by atoms with Crippen LogP contribution in [0, 0.1) is 5.92 Å². The second-order valence-corrected chi connectivity index (χ2v) is 3.72. The normalized spacial score (nSPS) is 14.8. The quantitative estimate of drug-likeness (QED) is 0.734. The monoisotopic (exact) mass is 224 g/mol. The van der Waals surface area contributed by atoms with E-state index in [9.17, 15) is 9.59 Å². The van der Waals surface area contributed by atoms with E-state index in [2.05, 4.69) is 15.2 Å². The number of carbonyl (C=O) groups is 2. The first-order chi connectivity index (χ1) is 7.68. The highest BCUT2D eigenvalue weighted by atomic mass is 16.4. The molecule has 1 heterocycles. The second kappa shape index (κ2) is 4.30. The largest absolute Gasteiger partial charge is 0.481 e. The summed E-state index contributed by atoms with van der Waals surface area (Å²) in [7, 11) is 0. The molecule has 7 nitrogen and oxygen atoms in total. The second-order valence-electron chi connectivity index (χ2n) is 3.72. The van der Waals surface area contributed by atoms with Crippen LogP contribution in [0.3, 0.4) is 0 Å². The molecular weight excluding hydrogens is 212 g/mol. The molecular formula is C9H12N4O3. The molecule has 1 aromatic heterocycles. The van der Waals surface area contributed by atoms with Gasteiger partial charge in [0.25, 0.3) is 0 Å². The van der Waals surface area contributed by atoms with Gasteiger partial charge in [-0.25, -0.2) is 5.10 Å². The number of nitrogens with zero attached hydrogens (tertiary/aromatic N) is 3. The highest BCUT2D eigenvalue weighted by Crippen LogP contribution is 2.31. The highest BCUT2D eigenvalue weighted by Gasteiger charge is 2.35. The Morgan fingerprint density at radius 1 is 1.56 bits per heavy atom. The van der Waals surface area contributed by atoms with Gasteiger partial charge in [0.05, 0.1) is 6.42 Å². The Morgan fingerprint density at radius 3 is 2.81 bits per heavy atom. The van der Waals surface area contributed by atoms with Crippen LogP contribution in [-0.4, -0.2) is 38.7 Å². The summed E-state index contributed by atoms with van der Waals surface area (Å²) in [5.74, 6) is -0.664. The van der Waals surface area contributed by atoms with E-state index in [4.69, 9.17) is 5.11 Å². The van der Waals surface area contributed by atoms with Crippen molar-refractivity contribution in [2.45, 2.75) is 19.3 Å². The molecule has 0 unspecified atom stereocenters. The lowest BCUT2D eigenvalue weighted by Crippen LogP contribution is -2.35. The fourth-order valence-corrected chi connectivity index (χ4v) is 1.41. The number of aromatic amines is 1. The average molecular weight is 224 g/mol. The summed E-state index contributed by atoms with van der Waals surface area (Å²) < 4.78 is 0. The number of rotatable bonds is 5. The molecule has 86 valence electrons. The minimum atomic E-state index is -0.937. The molecule has 1 aliphatic rings. The maximum atomic E-state index is 11.9. The van der Waals surface area contributed by atoms with E-state index in [1.165, 1.54) is 11.2 Å². The molecule has 1 aromatic rings. The zero-order valence-electron chi connectivity index (χ0n) is 8.59. The van der Waals surface area contributed by atoms with Gasteiger partial charge in [0.1, 0.15) is 6.33 Å². The number of amides is 1. The van der Waals surface area contributed by atoms with Crippen LogP contribution in [0.25, 0.3) is 0 Å². The molecule has 7 heteroatoms. The van der Waals surface area contributed by atoms with Crippen LogP contribution in [0.2, 0.25) is 0 Å². The van der Waals surface area contributed by atoms with Gasteiger partial charge in [0.2, 0.25) is 11.9 Å². The Hall–Kier alpha value is -1.92. The molecule has 1 amide bonds. The van der Waals surface area contributed by atoms with Gasteiger partial charge in [-0.05, 0) is 12.8 Å². The summed E-state index contributed by atoms with van der Waals surface area (Å²) in [5.41, 5.74) is 0. The molecule has 1 fully saturated rings. The highest BCUT2D eigenvalue weighted by molar-refractivity contribution is 5.95. The molecule has 1 saturated carbocycles. The van der Waals surface area contributed by atoms with Gasteiger partial charge in [-0.1, -0.05) is 0 Å². The van der Waals surface area contributed by atoms with Crippen molar-refractivity contribution < 1.29 is 14.7 Å². The van der Waals surface area contributed by atoms with Crippen molar-refractivity contribution in [3.63, 3.8) is 0 Å². The van der Waals surface area contributed by atoms with Crippen LogP contribution < -0.4 is 4.90 Å². The number of aliphatic carboxylic acids is 1. The van der Waals surface area contributed by atoms with Crippen molar-refractivity contribution in [3.05, 3.63) is 6.33 Å². The predicted molar refractivity (Wildman–Crippen MR) is 53.7 cm³/mol. The van der Waals surface area contributed by atoms with Crippen molar-refractivity contribution in [1.29, 1.82) is 0 Å². The van der Waals surface area contributed by atoms with Gasteiger partial charge in [0.15, 0.2) is 0 Å². The first-order valence-corrected chi connectivity index (χ1v) is 5.07. The van der Waals surface area contributed by atoms with E-state index >= 15 is 0 Å². The van der Waals surface area contributed by atoms with Crippen LogP contribution in [-0.2, 0) is 9.59 Å². The van der Waals surface area contributed by atoms with Crippen LogP contribution in [0.5, 0.6) is 0 Å². The Kier molecular flexibility index (Phi) is 2.84. The zero-order valence-corrected chi connectivity index (χ0v) is 8.59. The number of carboxylic acid groups (broad SMARTS) is 1. The van der Waals surface area contributed by atoms with Crippen LogP contribution in [0.1, 0.15) is 19.3 Å². The fraction of sp³-hybridized carbons (Fsp3) is 0.556. The van der Waals surface area contributed by atoms with Gasteiger partial charge in [0, 0.05) is 12.5 Å². The average Bonchev–Trinajstić information content (AvgIpc) is 2.96. The number of anilines is 1. The van der Waals surface area contributed by atoms with Crippen molar-refractivity contribution in [2.75, 3.05) is 11.4 Å². The Balaban J connectivity index is 2.06. The van der Waals surface area contributed by atoms with Crippen molar-refractivity contribution in [2.24, 2.45) is 5.92 Å². The summed E-state index contributed by atoms with van der Waals surface area (Å²) in [4.78, 5) is 27.6. The molecule has 0 spiro atoms. The molecule has 0 bridgehead atoms. The summed E-state index contributed by atoms with van der Waals surface area (Å²) in [6, 6.07) is 0. The van der Waals surface area contributed by atoms with E-state index in [1.54, 1.807) is 0 Å². The third-order valence-electron chi connectivity index (χ3n) is 2.40. The Bertz CT molecular complexity index is 385. The van der Waals surface area contributed by atoms with E-state index in [0.717, 1.165) is 12.8 Å². The number of carboxylic acids is 1. The van der Waals surface area contributed by atoms with E-state index in [-0.39, 0.29) is 24.8 Å². The first-order valence-electron chi connectivity index (χ1n) is 5.07. The maximum Gasteiger partial charge on any atom is 0.305 e. The molecule has 2 N–H and O–H groups in total. The molecule has 2 rings (SSSR count). The standard InChI is InChI=1S/C9H12N4O3/c14-7(15)3-4-13(8(16)6-1-2-6)9-10-5-11-12-9/h5-6H,1-4H2,(H,14,15)(H,10,11,12). The van der Waals surface area contributed by atoms with Gasteiger partial charge in [-0.3, -0.25) is 14.5 Å². The number of hydrogen-bond acceptors (Lipinski definition) is 4. The molecule has 0 aliphatic heterocycles. The number of nitrogens with one attached hydrogen (secondary N) is 1. The number of hydrogen-bond donors (Lipinski definition) is 2. The topological polar surface area (TPSA) is 99.2 Å². The van der Waals surface area contributed by atoms with Crippen LogP contribution >= 0.6 is 0 Å². The van der Waals surface area contributed by atoms with Crippen molar-refractivity contribution in [1.82, 2.24) is 15.2 Å². The molecule has 0 radical (unpaired) electrons. The molecule has 0 saturated heterocycles. The zero-order chi connectivity index (χ0) is 11.5. The lowest BCUT2D eigenvalue weighted by atomic mass is 10.3. The summed E-state index contributed by atoms with van der Waals surface area (Å²) in [5, 5.41) is 14.8.